The van der Waals surface area contributed by atoms with Gasteiger partial charge in [0.25, 0.3) is 0 Å². The van der Waals surface area contributed by atoms with Crippen LogP contribution in [0.3, 0.4) is 0 Å². The Morgan fingerprint density at radius 1 is 0.489 bits per heavy atom. The van der Waals surface area contributed by atoms with Crippen molar-refractivity contribution in [1.82, 2.24) is 9.97 Å². The summed E-state index contributed by atoms with van der Waals surface area (Å²) in [5.74, 6) is 0. The third kappa shape index (κ3) is 5.45. The van der Waals surface area contributed by atoms with Crippen LogP contribution in [0, 0.1) is 6.92 Å². The van der Waals surface area contributed by atoms with Crippen LogP contribution in [0.15, 0.2) is 146 Å². The summed E-state index contributed by atoms with van der Waals surface area (Å²) >= 11 is 0. The Morgan fingerprint density at radius 2 is 1.11 bits per heavy atom. The molecule has 0 amide bonds. The second kappa shape index (κ2) is 11.6. The molecule has 7 rings (SSSR count). The predicted molar refractivity (Wildman–Crippen MR) is 190 cm³/mol. The van der Waals surface area contributed by atoms with Crippen LogP contribution in [0.5, 0.6) is 0 Å². The van der Waals surface area contributed by atoms with Crippen molar-refractivity contribution in [3.63, 3.8) is 0 Å². The maximum atomic E-state index is 4.75. The number of benzene rings is 5. The van der Waals surface area contributed by atoms with Gasteiger partial charge in [-0.3, -0.25) is 9.97 Å². The molecular formula is C43H36N2. The second-order valence-electron chi connectivity index (χ2n) is 12.7. The maximum absolute atomic E-state index is 4.75. The summed E-state index contributed by atoms with van der Waals surface area (Å²) in [7, 11) is 0. The fourth-order valence-corrected chi connectivity index (χ4v) is 6.41. The van der Waals surface area contributed by atoms with Gasteiger partial charge in [0.2, 0.25) is 0 Å². The van der Waals surface area contributed by atoms with Crippen molar-refractivity contribution in [2.75, 3.05) is 0 Å². The molecule has 0 fully saturated rings. The smallest absolute Gasteiger partial charge is 0.0705 e. The van der Waals surface area contributed by atoms with E-state index in [1.807, 2.05) is 18.6 Å². The number of aromatic nitrogens is 2. The van der Waals surface area contributed by atoms with Crippen LogP contribution in [0.2, 0.25) is 0 Å². The van der Waals surface area contributed by atoms with Gasteiger partial charge in [0.05, 0.1) is 5.69 Å². The molecule has 2 heteroatoms. The Hall–Kier alpha value is -5.34. The molecule has 0 aliphatic heterocycles. The molecule has 0 unspecified atom stereocenters. The Kier molecular flexibility index (Phi) is 7.35. The molecule has 7 aromatic rings. The minimum Gasteiger partial charge on any atom is -0.264 e. The summed E-state index contributed by atoms with van der Waals surface area (Å²) < 4.78 is 0. The Labute approximate surface area is 266 Å². The standard InChI is InChI=1S/C43H36N2/c1-29-35(30-12-7-5-8-13-30)18-20-37(31-14-9-6-10-15-31)42(29)39-21-19-36(38-23-24-44-28-40(38)39)32-16-11-17-33(26-32)41-27-34(22-25-45-41)43(2,3)4/h5-28H,1-4H3. The molecule has 0 radical (unpaired) electrons. The van der Waals surface area contributed by atoms with Crippen LogP contribution in [-0.4, -0.2) is 9.97 Å². The van der Waals surface area contributed by atoms with Crippen LogP contribution in [0.4, 0.5) is 0 Å². The number of hydrogen-bond acceptors (Lipinski definition) is 2. The molecule has 0 saturated carbocycles. The van der Waals surface area contributed by atoms with Crippen molar-refractivity contribution in [3.05, 3.63) is 157 Å². The molecule has 0 aliphatic carbocycles. The van der Waals surface area contributed by atoms with Gasteiger partial charge < -0.3 is 0 Å². The summed E-state index contributed by atoms with van der Waals surface area (Å²) in [4.78, 5) is 9.38. The summed E-state index contributed by atoms with van der Waals surface area (Å²) in [5, 5.41) is 2.32. The molecule has 45 heavy (non-hydrogen) atoms. The van der Waals surface area contributed by atoms with E-state index < -0.39 is 0 Å². The van der Waals surface area contributed by atoms with E-state index in [-0.39, 0.29) is 5.41 Å². The molecule has 0 spiro atoms. The van der Waals surface area contributed by atoms with Gasteiger partial charge in [0, 0.05) is 29.5 Å². The van der Waals surface area contributed by atoms with Gasteiger partial charge in [-0.05, 0) is 97.6 Å². The topological polar surface area (TPSA) is 25.8 Å². The summed E-state index contributed by atoms with van der Waals surface area (Å²) in [5.41, 5.74) is 14.4. The first-order valence-electron chi connectivity index (χ1n) is 15.6. The number of fused-ring (bicyclic) bond motifs is 1. The largest absolute Gasteiger partial charge is 0.264 e. The van der Waals surface area contributed by atoms with Gasteiger partial charge in [0.15, 0.2) is 0 Å². The molecule has 0 aliphatic rings. The van der Waals surface area contributed by atoms with E-state index in [1.165, 1.54) is 55.5 Å². The van der Waals surface area contributed by atoms with Crippen molar-refractivity contribution in [1.29, 1.82) is 0 Å². The predicted octanol–water partition coefficient (Wildman–Crippen LogP) is 11.6. The molecule has 218 valence electrons. The summed E-state index contributed by atoms with van der Waals surface area (Å²) in [6.07, 6.45) is 5.85. The van der Waals surface area contributed by atoms with Gasteiger partial charge in [-0.1, -0.05) is 124 Å². The molecule has 0 bridgehead atoms. The highest BCUT2D eigenvalue weighted by Gasteiger charge is 2.19. The van der Waals surface area contributed by atoms with Gasteiger partial charge in [-0.2, -0.15) is 0 Å². The number of pyridine rings is 2. The lowest BCUT2D eigenvalue weighted by atomic mass is 9.84. The van der Waals surface area contributed by atoms with Gasteiger partial charge in [-0.25, -0.2) is 0 Å². The van der Waals surface area contributed by atoms with Crippen molar-refractivity contribution in [2.45, 2.75) is 33.1 Å². The van der Waals surface area contributed by atoms with E-state index in [1.54, 1.807) is 0 Å². The fourth-order valence-electron chi connectivity index (χ4n) is 6.41. The average Bonchev–Trinajstić information content (AvgIpc) is 3.08. The molecular weight excluding hydrogens is 544 g/mol. The van der Waals surface area contributed by atoms with E-state index >= 15 is 0 Å². The Morgan fingerprint density at radius 3 is 1.84 bits per heavy atom. The zero-order valence-electron chi connectivity index (χ0n) is 26.3. The quantitative estimate of drug-likeness (QED) is 0.202. The number of hydrogen-bond donors (Lipinski definition) is 0. The SMILES string of the molecule is Cc1c(-c2ccccc2)ccc(-c2ccccc2)c1-c1ccc(-c2cccc(-c3cc(C(C)(C)C)ccn3)c2)c2ccncc12. The third-order valence-corrected chi connectivity index (χ3v) is 8.82. The monoisotopic (exact) mass is 580 g/mol. The van der Waals surface area contributed by atoms with E-state index in [0.29, 0.717) is 0 Å². The lowest BCUT2D eigenvalue weighted by Crippen LogP contribution is -2.11. The molecule has 0 saturated heterocycles. The van der Waals surface area contributed by atoms with Crippen LogP contribution in [0.1, 0.15) is 31.9 Å². The van der Waals surface area contributed by atoms with E-state index in [4.69, 9.17) is 4.98 Å². The van der Waals surface area contributed by atoms with Gasteiger partial charge in [-0.15, -0.1) is 0 Å². The highest BCUT2D eigenvalue weighted by molar-refractivity contribution is 6.08. The highest BCUT2D eigenvalue weighted by Crippen LogP contribution is 2.44. The molecule has 2 aromatic heterocycles. The average molecular weight is 581 g/mol. The van der Waals surface area contributed by atoms with E-state index in [9.17, 15) is 0 Å². The van der Waals surface area contributed by atoms with Crippen molar-refractivity contribution in [2.24, 2.45) is 0 Å². The first-order valence-corrected chi connectivity index (χ1v) is 15.6. The molecule has 5 aromatic carbocycles. The number of rotatable bonds is 5. The van der Waals surface area contributed by atoms with E-state index in [0.717, 1.165) is 22.2 Å². The molecule has 0 N–H and O–H groups in total. The van der Waals surface area contributed by atoms with Gasteiger partial charge >= 0.3 is 0 Å². The maximum Gasteiger partial charge on any atom is 0.0705 e. The lowest BCUT2D eigenvalue weighted by Gasteiger charge is -2.20. The van der Waals surface area contributed by atoms with Crippen molar-refractivity contribution < 1.29 is 0 Å². The zero-order valence-corrected chi connectivity index (χ0v) is 26.3. The highest BCUT2D eigenvalue weighted by atomic mass is 14.7. The fraction of sp³-hybridized carbons (Fsp3) is 0.116. The number of nitrogens with zero attached hydrogens (tertiary/aromatic N) is 2. The van der Waals surface area contributed by atoms with Crippen LogP contribution in [-0.2, 0) is 5.41 Å². The van der Waals surface area contributed by atoms with Crippen LogP contribution < -0.4 is 0 Å². The molecule has 2 heterocycles. The van der Waals surface area contributed by atoms with Gasteiger partial charge in [0.1, 0.15) is 0 Å². The Balaban J connectivity index is 1.42. The van der Waals surface area contributed by atoms with Crippen molar-refractivity contribution in [3.8, 4) is 55.8 Å². The summed E-state index contributed by atoms with van der Waals surface area (Å²) in [6.45, 7) is 8.97. The normalized spacial score (nSPS) is 11.6. The summed E-state index contributed by atoms with van der Waals surface area (Å²) in [6, 6.07) is 45.7. The molecule has 2 nitrogen and oxygen atoms in total. The first-order chi connectivity index (χ1) is 21.9. The molecule has 0 atom stereocenters. The van der Waals surface area contributed by atoms with Crippen molar-refractivity contribution >= 4 is 10.8 Å². The third-order valence-electron chi connectivity index (χ3n) is 8.82. The second-order valence-corrected chi connectivity index (χ2v) is 12.7. The zero-order chi connectivity index (χ0) is 31.0. The Bertz CT molecular complexity index is 2140. The van der Waals surface area contributed by atoms with Crippen LogP contribution >= 0.6 is 0 Å². The lowest BCUT2D eigenvalue weighted by molar-refractivity contribution is 0.589. The minimum absolute atomic E-state index is 0.0584. The van der Waals surface area contributed by atoms with E-state index in [2.05, 4.69) is 160 Å². The van der Waals surface area contributed by atoms with Crippen LogP contribution in [0.25, 0.3) is 66.5 Å². The first kappa shape index (κ1) is 28.4. The minimum atomic E-state index is 0.0584.